The molecule has 0 aliphatic rings. The van der Waals surface area contributed by atoms with Crippen molar-refractivity contribution in [3.8, 4) is 23.0 Å². The number of para-hydroxylation sites is 4. The van der Waals surface area contributed by atoms with Crippen molar-refractivity contribution in [3.05, 3.63) is 108 Å². The maximum atomic E-state index is 6.03. The Bertz CT molecular complexity index is 1080. The molecule has 0 fully saturated rings. The molecule has 31 heavy (non-hydrogen) atoms. The second-order valence-corrected chi connectivity index (χ2v) is 7.39. The van der Waals surface area contributed by atoms with Crippen LogP contribution < -0.4 is 20.9 Å². The predicted octanol–water partition coefficient (Wildman–Crippen LogP) is 6.98. The van der Waals surface area contributed by atoms with Crippen LogP contribution in [0.3, 0.4) is 0 Å². The molecular formula is C27H26N2O2. The molecule has 4 aromatic carbocycles. The largest absolute Gasteiger partial charge is 0.455 e. The predicted molar refractivity (Wildman–Crippen MR) is 127 cm³/mol. The molecular weight excluding hydrogens is 384 g/mol. The van der Waals surface area contributed by atoms with Crippen molar-refractivity contribution in [1.29, 1.82) is 0 Å². The first kappa shape index (κ1) is 20.4. The molecule has 0 saturated carbocycles. The molecule has 0 aliphatic carbocycles. The monoisotopic (exact) mass is 410 g/mol. The van der Waals surface area contributed by atoms with E-state index in [4.69, 9.17) is 20.9 Å². The summed E-state index contributed by atoms with van der Waals surface area (Å²) >= 11 is 0. The van der Waals surface area contributed by atoms with Crippen molar-refractivity contribution >= 4 is 11.4 Å². The first-order valence-electron chi connectivity index (χ1n) is 10.4. The van der Waals surface area contributed by atoms with Crippen LogP contribution in [0.4, 0.5) is 11.4 Å². The maximum absolute atomic E-state index is 6.03. The third-order valence-electron chi connectivity index (χ3n) is 5.22. The van der Waals surface area contributed by atoms with Gasteiger partial charge in [-0.15, -0.1) is 0 Å². The van der Waals surface area contributed by atoms with Crippen molar-refractivity contribution in [2.75, 3.05) is 11.5 Å². The summed E-state index contributed by atoms with van der Waals surface area (Å²) in [5.41, 5.74) is 15.6. The highest BCUT2D eigenvalue weighted by Crippen LogP contribution is 2.35. The summed E-state index contributed by atoms with van der Waals surface area (Å²) in [5.74, 6) is 3.04. The first-order chi connectivity index (χ1) is 15.1. The Morgan fingerprint density at radius 2 is 1.06 bits per heavy atom. The molecule has 0 heterocycles. The van der Waals surface area contributed by atoms with Gasteiger partial charge in [0.25, 0.3) is 0 Å². The Kier molecular flexibility index (Phi) is 6.08. The van der Waals surface area contributed by atoms with E-state index in [2.05, 4.69) is 31.2 Å². The van der Waals surface area contributed by atoms with Gasteiger partial charge in [0.2, 0.25) is 0 Å². The van der Waals surface area contributed by atoms with Gasteiger partial charge in [-0.3, -0.25) is 0 Å². The Morgan fingerprint density at radius 1 is 0.613 bits per heavy atom. The molecule has 0 amide bonds. The second kappa shape index (κ2) is 9.26. The first-order valence-corrected chi connectivity index (χ1v) is 10.4. The van der Waals surface area contributed by atoms with Crippen LogP contribution in [0.1, 0.15) is 30.4 Å². The van der Waals surface area contributed by atoms with E-state index >= 15 is 0 Å². The van der Waals surface area contributed by atoms with E-state index in [-0.39, 0.29) is 5.92 Å². The molecule has 0 radical (unpaired) electrons. The van der Waals surface area contributed by atoms with E-state index in [1.807, 2.05) is 72.8 Å². The topological polar surface area (TPSA) is 70.5 Å². The Hall–Kier alpha value is -3.92. The van der Waals surface area contributed by atoms with Crippen LogP contribution in [0.2, 0.25) is 0 Å². The summed E-state index contributed by atoms with van der Waals surface area (Å²) in [5, 5.41) is 0. The van der Waals surface area contributed by atoms with E-state index in [1.165, 1.54) is 11.1 Å². The lowest BCUT2D eigenvalue weighted by molar-refractivity contribution is 0.482. The van der Waals surface area contributed by atoms with E-state index < -0.39 is 0 Å². The molecule has 0 bridgehead atoms. The summed E-state index contributed by atoms with van der Waals surface area (Å²) in [6, 6.07) is 31.3. The van der Waals surface area contributed by atoms with E-state index in [0.717, 1.165) is 17.9 Å². The maximum Gasteiger partial charge on any atom is 0.150 e. The van der Waals surface area contributed by atoms with Crippen molar-refractivity contribution in [2.24, 2.45) is 0 Å². The van der Waals surface area contributed by atoms with Crippen LogP contribution in [0, 0.1) is 0 Å². The van der Waals surface area contributed by atoms with Crippen LogP contribution in [-0.2, 0) is 0 Å². The number of hydrogen-bond donors (Lipinski definition) is 2. The molecule has 4 rings (SSSR count). The van der Waals surface area contributed by atoms with Crippen molar-refractivity contribution < 1.29 is 9.47 Å². The number of hydrogen-bond acceptors (Lipinski definition) is 4. The molecule has 0 spiro atoms. The molecule has 156 valence electrons. The fourth-order valence-corrected chi connectivity index (χ4v) is 3.65. The zero-order chi connectivity index (χ0) is 21.6. The van der Waals surface area contributed by atoms with Gasteiger partial charge in [-0.1, -0.05) is 55.5 Å². The number of nitrogens with two attached hydrogens (primary N) is 2. The van der Waals surface area contributed by atoms with Gasteiger partial charge >= 0.3 is 0 Å². The zero-order valence-corrected chi connectivity index (χ0v) is 17.5. The van der Waals surface area contributed by atoms with Gasteiger partial charge in [0.1, 0.15) is 23.0 Å². The van der Waals surface area contributed by atoms with Crippen LogP contribution in [0.15, 0.2) is 97.1 Å². The fraction of sp³-hybridized carbons (Fsp3) is 0.111. The lowest BCUT2D eigenvalue weighted by Gasteiger charge is -2.18. The average molecular weight is 411 g/mol. The number of benzene rings is 4. The molecule has 0 aliphatic heterocycles. The molecule has 4 nitrogen and oxygen atoms in total. The lowest BCUT2D eigenvalue weighted by Crippen LogP contribution is -2.01. The van der Waals surface area contributed by atoms with E-state index in [0.29, 0.717) is 22.9 Å². The highest BCUT2D eigenvalue weighted by Gasteiger charge is 2.15. The van der Waals surface area contributed by atoms with Gasteiger partial charge in [-0.05, 0) is 66.1 Å². The zero-order valence-electron chi connectivity index (χ0n) is 17.5. The number of anilines is 2. The summed E-state index contributed by atoms with van der Waals surface area (Å²) < 4.78 is 12.1. The number of rotatable bonds is 7. The Labute approximate surface area is 183 Å². The van der Waals surface area contributed by atoms with Gasteiger partial charge in [0, 0.05) is 5.92 Å². The lowest BCUT2D eigenvalue weighted by atomic mass is 9.89. The molecule has 4 aromatic rings. The SMILES string of the molecule is CCC(c1cccc(Oc2ccccc2N)c1)c1cccc(Oc2ccccc2N)c1. The summed E-state index contributed by atoms with van der Waals surface area (Å²) in [6.07, 6.45) is 0.938. The smallest absolute Gasteiger partial charge is 0.150 e. The molecule has 0 unspecified atom stereocenters. The standard InChI is InChI=1S/C27H26N2O2/c1-2-23(19-9-7-11-21(17-19)30-26-15-5-3-13-24(26)28)20-10-8-12-22(18-20)31-27-16-6-4-14-25(27)29/h3-18,23H,2,28-29H2,1H3. The molecule has 4 heteroatoms. The van der Waals surface area contributed by atoms with E-state index in [1.54, 1.807) is 0 Å². The molecule has 0 atom stereocenters. The minimum Gasteiger partial charge on any atom is -0.455 e. The van der Waals surface area contributed by atoms with Gasteiger partial charge in [0.05, 0.1) is 11.4 Å². The van der Waals surface area contributed by atoms with Crippen LogP contribution in [-0.4, -0.2) is 0 Å². The number of nitrogen functional groups attached to an aromatic ring is 2. The fourth-order valence-electron chi connectivity index (χ4n) is 3.65. The molecule has 4 N–H and O–H groups in total. The number of ether oxygens (including phenoxy) is 2. The van der Waals surface area contributed by atoms with Crippen molar-refractivity contribution in [2.45, 2.75) is 19.3 Å². The minimum absolute atomic E-state index is 0.202. The van der Waals surface area contributed by atoms with Crippen molar-refractivity contribution in [3.63, 3.8) is 0 Å². The second-order valence-electron chi connectivity index (χ2n) is 7.39. The summed E-state index contributed by atoms with van der Waals surface area (Å²) in [7, 11) is 0. The highest BCUT2D eigenvalue weighted by atomic mass is 16.5. The van der Waals surface area contributed by atoms with E-state index in [9.17, 15) is 0 Å². The summed E-state index contributed by atoms with van der Waals surface area (Å²) in [6.45, 7) is 2.18. The minimum atomic E-state index is 0.202. The quantitative estimate of drug-likeness (QED) is 0.323. The molecule has 0 saturated heterocycles. The molecule has 0 aromatic heterocycles. The third kappa shape index (κ3) is 4.81. The Morgan fingerprint density at radius 3 is 1.48 bits per heavy atom. The van der Waals surface area contributed by atoms with Crippen LogP contribution >= 0.6 is 0 Å². The van der Waals surface area contributed by atoms with Gasteiger partial charge in [-0.2, -0.15) is 0 Å². The highest BCUT2D eigenvalue weighted by molar-refractivity contribution is 5.55. The van der Waals surface area contributed by atoms with Crippen molar-refractivity contribution in [1.82, 2.24) is 0 Å². The van der Waals surface area contributed by atoms with Gasteiger partial charge in [0.15, 0.2) is 0 Å². The van der Waals surface area contributed by atoms with Gasteiger partial charge in [-0.25, -0.2) is 0 Å². The Balaban J connectivity index is 1.59. The van der Waals surface area contributed by atoms with Gasteiger partial charge < -0.3 is 20.9 Å². The van der Waals surface area contributed by atoms with Crippen LogP contribution in [0.5, 0.6) is 23.0 Å². The van der Waals surface area contributed by atoms with Crippen LogP contribution in [0.25, 0.3) is 0 Å². The normalized spacial score (nSPS) is 10.8. The summed E-state index contributed by atoms with van der Waals surface area (Å²) in [4.78, 5) is 0. The third-order valence-corrected chi connectivity index (χ3v) is 5.22. The average Bonchev–Trinajstić information content (AvgIpc) is 2.78.